The fourth-order valence-electron chi connectivity index (χ4n) is 3.75. The van der Waals surface area contributed by atoms with Crippen molar-refractivity contribution in [2.45, 2.75) is 11.3 Å². The lowest BCUT2D eigenvalue weighted by molar-refractivity contribution is -0.124. The number of methoxy groups -OCH3 is 1. The first-order valence-corrected chi connectivity index (χ1v) is 11.4. The second kappa shape index (κ2) is 8.86. The Hall–Kier alpha value is -3.62. The fourth-order valence-corrected chi connectivity index (χ4v) is 5.27. The van der Waals surface area contributed by atoms with Crippen LogP contribution in [-0.2, 0) is 21.2 Å². The highest BCUT2D eigenvalue weighted by molar-refractivity contribution is 7.92. The molecule has 4 rings (SSSR count). The molecule has 2 N–H and O–H groups in total. The molecule has 8 heteroatoms. The van der Waals surface area contributed by atoms with Crippen LogP contribution in [0.2, 0.25) is 0 Å². The number of anilines is 1. The van der Waals surface area contributed by atoms with Gasteiger partial charge in [0.25, 0.3) is 15.9 Å². The van der Waals surface area contributed by atoms with Gasteiger partial charge in [0.15, 0.2) is 0 Å². The van der Waals surface area contributed by atoms with Gasteiger partial charge >= 0.3 is 0 Å². The van der Waals surface area contributed by atoms with E-state index in [1.165, 1.54) is 17.5 Å². The molecule has 0 fully saturated rings. The van der Waals surface area contributed by atoms with Crippen LogP contribution in [0, 0.1) is 0 Å². The van der Waals surface area contributed by atoms with Gasteiger partial charge in [-0.3, -0.25) is 14.3 Å². The van der Waals surface area contributed by atoms with Gasteiger partial charge in [-0.25, -0.2) is 13.9 Å². The number of nitrogens with zero attached hydrogens (tertiary/aromatic N) is 1. The van der Waals surface area contributed by atoms with E-state index in [2.05, 4.69) is 0 Å². The largest absolute Gasteiger partial charge is 0.497 e. The molecule has 0 bridgehead atoms. The van der Waals surface area contributed by atoms with E-state index < -0.39 is 15.9 Å². The van der Waals surface area contributed by atoms with Gasteiger partial charge in [-0.05, 0) is 53.5 Å². The SMILES string of the molecule is COc1ccc(S(=O)(=O)N2CCc3cccc(-c4ccc(C=CC(=O)NO)cc4)c32)cc1. The van der Waals surface area contributed by atoms with E-state index in [9.17, 15) is 13.2 Å². The highest BCUT2D eigenvalue weighted by Crippen LogP contribution is 2.41. The predicted octanol–water partition coefficient (Wildman–Crippen LogP) is 3.63. The van der Waals surface area contributed by atoms with Crippen LogP contribution < -0.4 is 14.5 Å². The quantitative estimate of drug-likeness (QED) is 0.340. The molecule has 0 saturated carbocycles. The van der Waals surface area contributed by atoms with E-state index in [1.807, 2.05) is 42.5 Å². The molecule has 32 heavy (non-hydrogen) atoms. The molecule has 0 aliphatic carbocycles. The number of fused-ring (bicyclic) bond motifs is 1. The molecule has 1 aliphatic rings. The number of benzene rings is 3. The van der Waals surface area contributed by atoms with Gasteiger partial charge in [0.1, 0.15) is 5.75 Å². The minimum absolute atomic E-state index is 0.212. The molecule has 0 unspecified atom stereocenters. The number of hydrogen-bond acceptors (Lipinski definition) is 5. The van der Waals surface area contributed by atoms with E-state index in [1.54, 1.807) is 35.8 Å². The lowest BCUT2D eigenvalue weighted by Crippen LogP contribution is -2.29. The zero-order chi connectivity index (χ0) is 22.7. The third-order valence-corrected chi connectivity index (χ3v) is 7.17. The Labute approximate surface area is 186 Å². The number of sulfonamides is 1. The highest BCUT2D eigenvalue weighted by atomic mass is 32.2. The van der Waals surface area contributed by atoms with Gasteiger partial charge in [-0.15, -0.1) is 0 Å². The Morgan fingerprint density at radius 3 is 2.44 bits per heavy atom. The summed E-state index contributed by atoms with van der Waals surface area (Å²) in [6.45, 7) is 0.373. The van der Waals surface area contributed by atoms with E-state index in [0.29, 0.717) is 24.4 Å². The van der Waals surface area contributed by atoms with E-state index >= 15 is 0 Å². The van der Waals surface area contributed by atoms with Crippen molar-refractivity contribution in [1.29, 1.82) is 0 Å². The van der Waals surface area contributed by atoms with E-state index in [-0.39, 0.29) is 4.90 Å². The molecule has 0 aromatic heterocycles. The van der Waals surface area contributed by atoms with Gasteiger partial charge in [0, 0.05) is 18.2 Å². The summed E-state index contributed by atoms with van der Waals surface area (Å²) in [7, 11) is -2.20. The van der Waals surface area contributed by atoms with Gasteiger partial charge in [0.2, 0.25) is 0 Å². The minimum Gasteiger partial charge on any atom is -0.497 e. The fraction of sp³-hybridized carbons (Fsp3) is 0.125. The summed E-state index contributed by atoms with van der Waals surface area (Å²) < 4.78 is 33.5. The zero-order valence-corrected chi connectivity index (χ0v) is 18.2. The standard InChI is InChI=1S/C24H22N2O5S/c1-31-20-10-12-21(13-11-20)32(29,30)26-16-15-19-3-2-4-22(24(19)26)18-8-5-17(6-9-18)7-14-23(27)25-28/h2-14,28H,15-16H2,1H3,(H,25,27). The summed E-state index contributed by atoms with van der Waals surface area (Å²) in [6, 6.07) is 19.6. The summed E-state index contributed by atoms with van der Waals surface area (Å²) in [5, 5.41) is 8.58. The van der Waals surface area contributed by atoms with Crippen molar-refractivity contribution in [2.24, 2.45) is 0 Å². The third-order valence-electron chi connectivity index (χ3n) is 5.36. The molecular formula is C24H22N2O5S. The Morgan fingerprint density at radius 2 is 1.78 bits per heavy atom. The molecule has 3 aromatic rings. The van der Waals surface area contributed by atoms with Gasteiger partial charge < -0.3 is 4.74 Å². The number of nitrogens with one attached hydrogen (secondary N) is 1. The van der Waals surface area contributed by atoms with Crippen molar-refractivity contribution in [3.05, 3.63) is 83.9 Å². The van der Waals surface area contributed by atoms with Gasteiger partial charge in [-0.2, -0.15) is 0 Å². The molecule has 3 aromatic carbocycles. The van der Waals surface area contributed by atoms with Crippen LogP contribution in [0.25, 0.3) is 17.2 Å². The third kappa shape index (κ3) is 4.10. The lowest BCUT2D eigenvalue weighted by atomic mass is 9.99. The van der Waals surface area contributed by atoms with Gasteiger partial charge in [0.05, 0.1) is 17.7 Å². The molecule has 0 spiro atoms. The molecule has 1 heterocycles. The maximum atomic E-state index is 13.4. The summed E-state index contributed by atoms with van der Waals surface area (Å²) in [5.74, 6) is -0.0218. The zero-order valence-electron chi connectivity index (χ0n) is 17.4. The van der Waals surface area contributed by atoms with E-state index in [4.69, 9.17) is 9.94 Å². The second-order valence-corrected chi connectivity index (χ2v) is 9.11. The number of amides is 1. The maximum absolute atomic E-state index is 13.4. The number of carbonyl (C=O) groups is 1. The average molecular weight is 451 g/mol. The highest BCUT2D eigenvalue weighted by Gasteiger charge is 2.33. The first kappa shape index (κ1) is 21.6. The first-order chi connectivity index (χ1) is 15.4. The smallest absolute Gasteiger partial charge is 0.267 e. The summed E-state index contributed by atoms with van der Waals surface area (Å²) in [5.41, 5.74) is 5.66. The van der Waals surface area contributed by atoms with Crippen molar-refractivity contribution in [2.75, 3.05) is 18.0 Å². The van der Waals surface area contributed by atoms with Crippen molar-refractivity contribution in [1.82, 2.24) is 5.48 Å². The first-order valence-electron chi connectivity index (χ1n) is 9.95. The number of rotatable bonds is 6. The predicted molar refractivity (Wildman–Crippen MR) is 122 cm³/mol. The van der Waals surface area contributed by atoms with Crippen LogP contribution in [0.4, 0.5) is 5.69 Å². The number of carbonyl (C=O) groups excluding carboxylic acids is 1. The molecule has 1 aliphatic heterocycles. The molecule has 7 nitrogen and oxygen atoms in total. The number of ether oxygens (including phenoxy) is 1. The number of hydroxylamine groups is 1. The van der Waals surface area contributed by atoms with Crippen LogP contribution in [-0.4, -0.2) is 33.2 Å². The summed E-state index contributed by atoms with van der Waals surface area (Å²) in [4.78, 5) is 11.4. The molecule has 0 atom stereocenters. The van der Waals surface area contributed by atoms with Crippen LogP contribution in [0.15, 0.2) is 77.7 Å². The Balaban J connectivity index is 1.70. The molecule has 0 radical (unpaired) electrons. The molecule has 0 saturated heterocycles. The molecule has 164 valence electrons. The normalized spacial score (nSPS) is 13.2. The molecular weight excluding hydrogens is 428 g/mol. The Kier molecular flexibility index (Phi) is 5.98. The summed E-state index contributed by atoms with van der Waals surface area (Å²) in [6.07, 6.45) is 3.43. The van der Waals surface area contributed by atoms with Crippen molar-refractivity contribution >= 4 is 27.7 Å². The number of para-hydroxylation sites is 1. The van der Waals surface area contributed by atoms with Crippen LogP contribution in [0.5, 0.6) is 5.75 Å². The summed E-state index contributed by atoms with van der Waals surface area (Å²) >= 11 is 0. The van der Waals surface area contributed by atoms with Gasteiger partial charge in [-0.1, -0.05) is 42.5 Å². The Bertz CT molecular complexity index is 1270. The average Bonchev–Trinajstić information content (AvgIpc) is 3.28. The van der Waals surface area contributed by atoms with E-state index in [0.717, 1.165) is 22.3 Å². The second-order valence-electron chi connectivity index (χ2n) is 7.25. The van der Waals surface area contributed by atoms with Crippen molar-refractivity contribution in [3.63, 3.8) is 0 Å². The van der Waals surface area contributed by atoms with Crippen molar-refractivity contribution < 1.29 is 23.2 Å². The van der Waals surface area contributed by atoms with Crippen LogP contribution in [0.1, 0.15) is 11.1 Å². The van der Waals surface area contributed by atoms with Crippen LogP contribution in [0.3, 0.4) is 0 Å². The minimum atomic E-state index is -3.74. The Morgan fingerprint density at radius 1 is 1.06 bits per heavy atom. The number of hydrogen-bond donors (Lipinski definition) is 2. The van der Waals surface area contributed by atoms with Crippen molar-refractivity contribution in [3.8, 4) is 16.9 Å². The van der Waals surface area contributed by atoms with Crippen LogP contribution >= 0.6 is 0 Å². The topological polar surface area (TPSA) is 95.9 Å². The monoisotopic (exact) mass is 450 g/mol. The maximum Gasteiger partial charge on any atom is 0.267 e. The molecule has 1 amide bonds. The lowest BCUT2D eigenvalue weighted by Gasteiger charge is -2.22.